The Morgan fingerprint density at radius 1 is 1.23 bits per heavy atom. The number of carbonyl (C=O) groups is 2. The predicted octanol–water partition coefficient (Wildman–Crippen LogP) is 5.39. The molecule has 0 fully saturated rings. The summed E-state index contributed by atoms with van der Waals surface area (Å²) in [4.78, 5) is 23.0. The molecule has 0 amide bonds. The van der Waals surface area contributed by atoms with Crippen LogP contribution >= 0.6 is 11.8 Å². The smallest absolute Gasteiger partial charge is 0.306 e. The Morgan fingerprint density at radius 2 is 1.88 bits per heavy atom. The van der Waals surface area contributed by atoms with Gasteiger partial charge in [0.25, 0.3) is 0 Å². The highest BCUT2D eigenvalue weighted by Gasteiger charge is 2.39. The first kappa shape index (κ1) is 22.8. The van der Waals surface area contributed by atoms with Crippen LogP contribution in [0.25, 0.3) is 0 Å². The molecule has 0 saturated carbocycles. The average Bonchev–Trinajstić information content (AvgIpc) is 2.52. The molecule has 146 valence electrons. The van der Waals surface area contributed by atoms with Gasteiger partial charge >= 0.3 is 5.97 Å². The molecule has 0 N–H and O–H groups in total. The molecule has 26 heavy (non-hydrogen) atoms. The van der Waals surface area contributed by atoms with Crippen LogP contribution in [0.5, 0.6) is 5.75 Å². The van der Waals surface area contributed by atoms with Crippen molar-refractivity contribution in [1.82, 2.24) is 0 Å². The SMILES string of the molecule is COC(=O)CCSC(CC(C)=O)c1cccc(O[Si](C)(C)C(C)(C)C)c1. The molecular weight excluding hydrogens is 364 g/mol. The van der Waals surface area contributed by atoms with Gasteiger partial charge in [0.15, 0.2) is 0 Å². The lowest BCUT2D eigenvalue weighted by atomic mass is 10.1. The molecule has 1 atom stereocenters. The quantitative estimate of drug-likeness (QED) is 0.414. The second-order valence-corrected chi connectivity index (χ2v) is 14.1. The van der Waals surface area contributed by atoms with Crippen LogP contribution in [0.2, 0.25) is 18.1 Å². The lowest BCUT2D eigenvalue weighted by Gasteiger charge is -2.36. The van der Waals surface area contributed by atoms with E-state index in [-0.39, 0.29) is 22.0 Å². The molecule has 0 aromatic heterocycles. The zero-order valence-electron chi connectivity index (χ0n) is 17.0. The third-order valence-corrected chi connectivity index (χ3v) is 10.4. The summed E-state index contributed by atoms with van der Waals surface area (Å²) in [5, 5.41) is 0.136. The van der Waals surface area contributed by atoms with Gasteiger partial charge in [0, 0.05) is 17.4 Å². The molecule has 6 heteroatoms. The van der Waals surface area contributed by atoms with E-state index >= 15 is 0 Å². The molecule has 0 bridgehead atoms. The lowest BCUT2D eigenvalue weighted by molar-refractivity contribution is -0.140. The Kier molecular flexibility index (Phi) is 8.41. The third kappa shape index (κ3) is 7.15. The van der Waals surface area contributed by atoms with Gasteiger partial charge in [-0.1, -0.05) is 32.9 Å². The van der Waals surface area contributed by atoms with E-state index in [4.69, 9.17) is 9.16 Å². The van der Waals surface area contributed by atoms with E-state index in [0.29, 0.717) is 18.6 Å². The first-order chi connectivity index (χ1) is 12.0. The maximum absolute atomic E-state index is 11.7. The van der Waals surface area contributed by atoms with E-state index in [1.807, 2.05) is 24.3 Å². The molecule has 0 spiro atoms. The normalized spacial score (nSPS) is 13.2. The van der Waals surface area contributed by atoms with E-state index in [9.17, 15) is 9.59 Å². The summed E-state index contributed by atoms with van der Waals surface area (Å²) < 4.78 is 11.1. The van der Waals surface area contributed by atoms with E-state index < -0.39 is 8.32 Å². The Hall–Kier alpha value is -1.27. The number of Topliss-reactive ketones (excluding diaryl/α,β-unsaturated/α-hetero) is 1. The number of ketones is 1. The fourth-order valence-corrected chi connectivity index (χ4v) is 4.43. The van der Waals surface area contributed by atoms with Gasteiger partial charge in [-0.05, 0) is 42.8 Å². The standard InChI is InChI=1S/C20H32O4SSi/c1-15(21)13-18(25-12-11-19(22)23-5)16-9-8-10-17(14-16)24-26(6,7)20(2,3)4/h8-10,14,18H,11-13H2,1-7H3. The van der Waals surface area contributed by atoms with Crippen LogP contribution in [0.3, 0.4) is 0 Å². The summed E-state index contributed by atoms with van der Waals surface area (Å²) in [5.41, 5.74) is 1.06. The number of benzene rings is 1. The van der Waals surface area contributed by atoms with Crippen molar-refractivity contribution >= 4 is 31.8 Å². The third-order valence-electron chi connectivity index (χ3n) is 4.73. The Balaban J connectivity index is 2.94. The summed E-state index contributed by atoms with van der Waals surface area (Å²) in [5.74, 6) is 1.39. The minimum absolute atomic E-state index is 0.0140. The van der Waals surface area contributed by atoms with Crippen LogP contribution in [-0.4, -0.2) is 32.9 Å². The molecule has 1 aromatic carbocycles. The Bertz CT molecular complexity index is 622. The molecule has 0 radical (unpaired) electrons. The zero-order chi connectivity index (χ0) is 20.0. The second-order valence-electron chi connectivity index (χ2n) is 8.03. The van der Waals surface area contributed by atoms with E-state index in [2.05, 4.69) is 33.9 Å². The summed E-state index contributed by atoms with van der Waals surface area (Å²) in [7, 11) is -0.525. The number of carbonyl (C=O) groups excluding carboxylic acids is 2. The highest BCUT2D eigenvalue weighted by atomic mass is 32.2. The van der Waals surface area contributed by atoms with E-state index in [1.165, 1.54) is 7.11 Å². The predicted molar refractivity (Wildman–Crippen MR) is 111 cm³/mol. The van der Waals surface area contributed by atoms with Crippen molar-refractivity contribution in [3.63, 3.8) is 0 Å². The van der Waals surface area contributed by atoms with Gasteiger partial charge in [0.1, 0.15) is 11.5 Å². The van der Waals surface area contributed by atoms with Crippen LogP contribution < -0.4 is 4.43 Å². The van der Waals surface area contributed by atoms with Gasteiger partial charge in [0.05, 0.1) is 13.5 Å². The molecular formula is C20H32O4SSi. The second kappa shape index (κ2) is 9.60. The van der Waals surface area contributed by atoms with Crippen molar-refractivity contribution < 1.29 is 18.8 Å². The van der Waals surface area contributed by atoms with Gasteiger partial charge in [-0.2, -0.15) is 11.8 Å². The number of methoxy groups -OCH3 is 1. The van der Waals surface area contributed by atoms with Gasteiger partial charge in [0.2, 0.25) is 8.32 Å². The van der Waals surface area contributed by atoms with Crippen molar-refractivity contribution in [2.75, 3.05) is 12.9 Å². The molecule has 0 heterocycles. The van der Waals surface area contributed by atoms with Crippen molar-refractivity contribution in [2.45, 2.75) is 63.9 Å². The lowest BCUT2D eigenvalue weighted by Crippen LogP contribution is -2.43. The van der Waals surface area contributed by atoms with Crippen LogP contribution in [-0.2, 0) is 14.3 Å². The molecule has 0 aliphatic heterocycles. The number of thioether (sulfide) groups is 1. The molecule has 0 aliphatic carbocycles. The largest absolute Gasteiger partial charge is 0.543 e. The Labute approximate surface area is 163 Å². The van der Waals surface area contributed by atoms with Crippen molar-refractivity contribution in [3.05, 3.63) is 29.8 Å². The summed E-state index contributed by atoms with van der Waals surface area (Å²) in [6.07, 6.45) is 0.783. The molecule has 4 nitrogen and oxygen atoms in total. The van der Waals surface area contributed by atoms with E-state index in [1.54, 1.807) is 18.7 Å². The van der Waals surface area contributed by atoms with Gasteiger partial charge < -0.3 is 9.16 Å². The van der Waals surface area contributed by atoms with Crippen LogP contribution in [0.4, 0.5) is 0 Å². The van der Waals surface area contributed by atoms with Crippen LogP contribution in [0.15, 0.2) is 24.3 Å². The highest BCUT2D eigenvalue weighted by Crippen LogP contribution is 2.39. The first-order valence-corrected chi connectivity index (χ1v) is 12.9. The fourth-order valence-electron chi connectivity index (χ4n) is 2.15. The average molecular weight is 397 g/mol. The molecule has 1 rings (SSSR count). The zero-order valence-corrected chi connectivity index (χ0v) is 18.9. The monoisotopic (exact) mass is 396 g/mol. The number of ether oxygens (including phenoxy) is 1. The van der Waals surface area contributed by atoms with Gasteiger partial charge in [-0.15, -0.1) is 0 Å². The van der Waals surface area contributed by atoms with Gasteiger partial charge in [-0.25, -0.2) is 0 Å². The first-order valence-electron chi connectivity index (χ1n) is 8.93. The van der Waals surface area contributed by atoms with Crippen LogP contribution in [0.1, 0.15) is 51.3 Å². The summed E-state index contributed by atoms with van der Waals surface area (Å²) in [6, 6.07) is 8.02. The summed E-state index contributed by atoms with van der Waals surface area (Å²) >= 11 is 1.61. The number of hydrogen-bond donors (Lipinski definition) is 0. The summed E-state index contributed by atoms with van der Waals surface area (Å²) in [6.45, 7) is 12.7. The van der Waals surface area contributed by atoms with Crippen molar-refractivity contribution in [3.8, 4) is 5.75 Å². The van der Waals surface area contributed by atoms with Crippen molar-refractivity contribution in [1.29, 1.82) is 0 Å². The van der Waals surface area contributed by atoms with Crippen molar-refractivity contribution in [2.24, 2.45) is 0 Å². The minimum atomic E-state index is -1.92. The highest BCUT2D eigenvalue weighted by molar-refractivity contribution is 7.99. The maximum Gasteiger partial charge on any atom is 0.306 e. The van der Waals surface area contributed by atoms with Crippen LogP contribution in [0, 0.1) is 0 Å². The number of hydrogen-bond acceptors (Lipinski definition) is 5. The number of esters is 1. The molecule has 0 saturated heterocycles. The fraction of sp³-hybridized carbons (Fsp3) is 0.600. The van der Waals surface area contributed by atoms with Gasteiger partial charge in [-0.3, -0.25) is 9.59 Å². The molecule has 0 aliphatic rings. The topological polar surface area (TPSA) is 52.6 Å². The number of rotatable bonds is 9. The maximum atomic E-state index is 11.7. The van der Waals surface area contributed by atoms with E-state index in [0.717, 1.165) is 11.3 Å². The molecule has 1 aromatic rings. The Morgan fingerprint density at radius 3 is 2.42 bits per heavy atom. The molecule has 1 unspecified atom stereocenters. The minimum Gasteiger partial charge on any atom is -0.543 e.